The Bertz CT molecular complexity index is 208. The SMILES string of the molecule is C[C@H]1CC[C@H](CCCC(=O)O)C1(C)C. The summed E-state index contributed by atoms with van der Waals surface area (Å²) in [5.74, 6) is 0.864. The summed E-state index contributed by atoms with van der Waals surface area (Å²) in [6, 6.07) is 0. The number of carboxylic acids is 1. The predicted octanol–water partition coefficient (Wildman–Crippen LogP) is 3.31. The lowest BCUT2D eigenvalue weighted by Gasteiger charge is -2.31. The summed E-state index contributed by atoms with van der Waals surface area (Å²) in [7, 11) is 0. The van der Waals surface area contributed by atoms with Gasteiger partial charge in [0.05, 0.1) is 0 Å². The largest absolute Gasteiger partial charge is 0.481 e. The first kappa shape index (κ1) is 11.5. The highest BCUT2D eigenvalue weighted by Crippen LogP contribution is 2.49. The van der Waals surface area contributed by atoms with Crippen molar-refractivity contribution in [1.29, 1.82) is 0 Å². The van der Waals surface area contributed by atoms with Crippen LogP contribution in [0.25, 0.3) is 0 Å². The first-order chi connectivity index (χ1) is 6.44. The van der Waals surface area contributed by atoms with Gasteiger partial charge in [0.2, 0.25) is 0 Å². The van der Waals surface area contributed by atoms with E-state index in [2.05, 4.69) is 20.8 Å². The number of carboxylic acid groups (broad SMARTS) is 1. The third kappa shape index (κ3) is 2.49. The molecule has 1 rings (SSSR count). The van der Waals surface area contributed by atoms with Gasteiger partial charge in [-0.25, -0.2) is 0 Å². The van der Waals surface area contributed by atoms with Crippen LogP contribution in [0.15, 0.2) is 0 Å². The van der Waals surface area contributed by atoms with Gasteiger partial charge in [0.1, 0.15) is 0 Å². The molecule has 14 heavy (non-hydrogen) atoms. The van der Waals surface area contributed by atoms with Gasteiger partial charge in [0.25, 0.3) is 0 Å². The Morgan fingerprint density at radius 1 is 1.43 bits per heavy atom. The molecule has 1 aliphatic rings. The number of carbonyl (C=O) groups is 1. The maximum atomic E-state index is 10.4. The minimum atomic E-state index is -0.658. The van der Waals surface area contributed by atoms with Crippen LogP contribution >= 0.6 is 0 Å². The predicted molar refractivity (Wildman–Crippen MR) is 57.2 cm³/mol. The molecule has 0 spiro atoms. The maximum absolute atomic E-state index is 10.4. The van der Waals surface area contributed by atoms with Crippen molar-refractivity contribution in [3.63, 3.8) is 0 Å². The van der Waals surface area contributed by atoms with E-state index in [0.717, 1.165) is 24.7 Å². The molecule has 1 saturated carbocycles. The van der Waals surface area contributed by atoms with Gasteiger partial charge in [-0.15, -0.1) is 0 Å². The molecular weight excluding hydrogens is 176 g/mol. The summed E-state index contributed by atoms with van der Waals surface area (Å²) in [5.41, 5.74) is 0.415. The van der Waals surface area contributed by atoms with Gasteiger partial charge in [-0.05, 0) is 42.9 Å². The molecule has 0 aliphatic heterocycles. The van der Waals surface area contributed by atoms with Crippen molar-refractivity contribution in [2.24, 2.45) is 17.3 Å². The van der Waals surface area contributed by atoms with E-state index >= 15 is 0 Å². The van der Waals surface area contributed by atoms with Crippen molar-refractivity contribution in [2.75, 3.05) is 0 Å². The van der Waals surface area contributed by atoms with Crippen LogP contribution in [0.2, 0.25) is 0 Å². The van der Waals surface area contributed by atoms with Crippen LogP contribution in [0.4, 0.5) is 0 Å². The fourth-order valence-electron chi connectivity index (χ4n) is 2.61. The van der Waals surface area contributed by atoms with Crippen LogP contribution in [-0.2, 0) is 4.79 Å². The summed E-state index contributed by atoms with van der Waals surface area (Å²) in [5, 5.41) is 8.57. The van der Waals surface area contributed by atoms with E-state index < -0.39 is 5.97 Å². The third-order valence-electron chi connectivity index (χ3n) is 4.21. The highest BCUT2D eigenvalue weighted by atomic mass is 16.4. The van der Waals surface area contributed by atoms with E-state index in [0.29, 0.717) is 11.8 Å². The Morgan fingerprint density at radius 2 is 2.07 bits per heavy atom. The number of aliphatic carboxylic acids is 1. The van der Waals surface area contributed by atoms with Crippen molar-refractivity contribution >= 4 is 5.97 Å². The fourth-order valence-corrected chi connectivity index (χ4v) is 2.61. The highest BCUT2D eigenvalue weighted by Gasteiger charge is 2.39. The smallest absolute Gasteiger partial charge is 0.303 e. The van der Waals surface area contributed by atoms with Crippen molar-refractivity contribution in [1.82, 2.24) is 0 Å². The first-order valence-corrected chi connectivity index (χ1v) is 5.66. The van der Waals surface area contributed by atoms with Gasteiger partial charge < -0.3 is 5.11 Å². The quantitative estimate of drug-likeness (QED) is 0.752. The van der Waals surface area contributed by atoms with Crippen LogP contribution in [0, 0.1) is 17.3 Å². The standard InChI is InChI=1S/C12H22O2/c1-9-7-8-10(12(9,2)3)5-4-6-11(13)14/h9-10H,4-8H2,1-3H3,(H,13,14)/t9-,10-/m0/s1. The maximum Gasteiger partial charge on any atom is 0.303 e. The zero-order valence-corrected chi connectivity index (χ0v) is 9.55. The molecule has 0 amide bonds. The average molecular weight is 198 g/mol. The Kier molecular flexibility index (Phi) is 3.57. The van der Waals surface area contributed by atoms with E-state index in [4.69, 9.17) is 5.11 Å². The molecule has 0 aromatic heterocycles. The topological polar surface area (TPSA) is 37.3 Å². The van der Waals surface area contributed by atoms with E-state index in [9.17, 15) is 4.79 Å². The molecule has 0 bridgehead atoms. The van der Waals surface area contributed by atoms with Crippen molar-refractivity contribution < 1.29 is 9.90 Å². The van der Waals surface area contributed by atoms with Gasteiger partial charge >= 0.3 is 5.97 Å². The van der Waals surface area contributed by atoms with Gasteiger partial charge in [-0.2, -0.15) is 0 Å². The lowest BCUT2D eigenvalue weighted by atomic mass is 9.74. The molecule has 0 heterocycles. The first-order valence-electron chi connectivity index (χ1n) is 5.66. The number of hydrogen-bond acceptors (Lipinski definition) is 1. The van der Waals surface area contributed by atoms with E-state index in [-0.39, 0.29) is 0 Å². The lowest BCUT2D eigenvalue weighted by molar-refractivity contribution is -0.137. The van der Waals surface area contributed by atoms with Gasteiger partial charge in [-0.3, -0.25) is 4.79 Å². The van der Waals surface area contributed by atoms with E-state index in [1.165, 1.54) is 12.8 Å². The molecule has 2 nitrogen and oxygen atoms in total. The Hall–Kier alpha value is -0.530. The molecule has 1 aliphatic carbocycles. The second kappa shape index (κ2) is 4.33. The molecule has 0 aromatic rings. The molecule has 2 heteroatoms. The van der Waals surface area contributed by atoms with Gasteiger partial charge in [-0.1, -0.05) is 20.8 Å². The van der Waals surface area contributed by atoms with Crippen molar-refractivity contribution in [3.05, 3.63) is 0 Å². The highest BCUT2D eigenvalue weighted by molar-refractivity contribution is 5.66. The van der Waals surface area contributed by atoms with Crippen LogP contribution in [-0.4, -0.2) is 11.1 Å². The molecule has 0 unspecified atom stereocenters. The monoisotopic (exact) mass is 198 g/mol. The third-order valence-corrected chi connectivity index (χ3v) is 4.21. The number of rotatable bonds is 4. The molecule has 2 atom stereocenters. The molecule has 0 saturated heterocycles. The Balaban J connectivity index is 2.35. The normalized spacial score (nSPS) is 30.5. The fraction of sp³-hybridized carbons (Fsp3) is 0.917. The van der Waals surface area contributed by atoms with E-state index in [1.807, 2.05) is 0 Å². The van der Waals surface area contributed by atoms with E-state index in [1.54, 1.807) is 0 Å². The zero-order valence-electron chi connectivity index (χ0n) is 9.55. The van der Waals surface area contributed by atoms with Crippen LogP contribution in [0.5, 0.6) is 0 Å². The second-order valence-electron chi connectivity index (χ2n) is 5.28. The summed E-state index contributed by atoms with van der Waals surface area (Å²) < 4.78 is 0. The molecule has 0 radical (unpaired) electrons. The van der Waals surface area contributed by atoms with Gasteiger partial charge in [0.15, 0.2) is 0 Å². The summed E-state index contributed by atoms with van der Waals surface area (Å²) >= 11 is 0. The number of hydrogen-bond donors (Lipinski definition) is 1. The van der Waals surface area contributed by atoms with Crippen LogP contribution in [0.3, 0.4) is 0 Å². The molecule has 1 N–H and O–H groups in total. The molecule has 0 aromatic carbocycles. The lowest BCUT2D eigenvalue weighted by Crippen LogP contribution is -2.23. The Labute approximate surface area is 86.7 Å². The Morgan fingerprint density at radius 3 is 2.50 bits per heavy atom. The minimum absolute atomic E-state index is 0.334. The van der Waals surface area contributed by atoms with Gasteiger partial charge in [0, 0.05) is 6.42 Å². The molecular formula is C12H22O2. The van der Waals surface area contributed by atoms with Crippen LogP contribution < -0.4 is 0 Å². The minimum Gasteiger partial charge on any atom is -0.481 e. The van der Waals surface area contributed by atoms with Crippen LogP contribution in [0.1, 0.15) is 52.9 Å². The van der Waals surface area contributed by atoms with Crippen molar-refractivity contribution in [3.8, 4) is 0 Å². The molecule has 1 fully saturated rings. The summed E-state index contributed by atoms with van der Waals surface area (Å²) in [6.45, 7) is 6.98. The zero-order chi connectivity index (χ0) is 10.8. The summed E-state index contributed by atoms with van der Waals surface area (Å²) in [6.07, 6.45) is 4.86. The second-order valence-corrected chi connectivity index (χ2v) is 5.28. The molecule has 82 valence electrons. The average Bonchev–Trinajstić information content (AvgIpc) is 2.30. The summed E-state index contributed by atoms with van der Waals surface area (Å²) in [4.78, 5) is 10.4. The van der Waals surface area contributed by atoms with Crippen molar-refractivity contribution in [2.45, 2.75) is 52.9 Å².